The molecule has 29 heavy (non-hydrogen) atoms. The Kier molecular flexibility index (Phi) is 4.89. The van der Waals surface area contributed by atoms with E-state index in [9.17, 15) is 18.5 Å². The number of para-hydroxylation sites is 1. The number of anilines is 1. The quantitative estimate of drug-likeness (QED) is 0.477. The van der Waals surface area contributed by atoms with E-state index in [1.807, 2.05) is 19.1 Å². The second-order valence-electron chi connectivity index (χ2n) is 6.83. The lowest BCUT2D eigenvalue weighted by Gasteiger charge is -2.34. The van der Waals surface area contributed by atoms with Crippen LogP contribution in [0.4, 0.5) is 11.5 Å². The number of nitrogens with zero attached hydrogens (tertiary/aromatic N) is 5. The lowest BCUT2D eigenvalue weighted by atomic mass is 10.2. The highest BCUT2D eigenvalue weighted by Gasteiger charge is 2.32. The van der Waals surface area contributed by atoms with Crippen molar-refractivity contribution in [3.63, 3.8) is 0 Å². The molecule has 0 unspecified atom stereocenters. The van der Waals surface area contributed by atoms with Crippen LogP contribution >= 0.6 is 0 Å². The van der Waals surface area contributed by atoms with E-state index in [4.69, 9.17) is 0 Å². The first-order valence-electron chi connectivity index (χ1n) is 9.08. The number of fused-ring (bicyclic) bond motifs is 1. The van der Waals surface area contributed by atoms with Crippen molar-refractivity contribution < 1.29 is 13.3 Å². The Morgan fingerprint density at radius 3 is 2.55 bits per heavy atom. The predicted molar refractivity (Wildman–Crippen MR) is 108 cm³/mol. The first-order valence-corrected chi connectivity index (χ1v) is 10.5. The average molecular weight is 413 g/mol. The summed E-state index contributed by atoms with van der Waals surface area (Å²) < 4.78 is 27.9. The Bertz CT molecular complexity index is 1190. The van der Waals surface area contributed by atoms with Crippen molar-refractivity contribution in [1.29, 1.82) is 0 Å². The third-order valence-corrected chi connectivity index (χ3v) is 6.86. The third kappa shape index (κ3) is 3.52. The van der Waals surface area contributed by atoms with Gasteiger partial charge in [0.2, 0.25) is 15.8 Å². The molecule has 1 aliphatic heterocycles. The summed E-state index contributed by atoms with van der Waals surface area (Å²) in [7, 11) is -3.74. The zero-order chi connectivity index (χ0) is 20.6. The summed E-state index contributed by atoms with van der Waals surface area (Å²) >= 11 is 0. The number of aromatic nitrogens is 2. The van der Waals surface area contributed by atoms with Crippen molar-refractivity contribution in [2.45, 2.75) is 11.8 Å². The molecule has 0 amide bonds. The number of benzene rings is 1. The largest absolute Gasteiger partial charge is 0.348 e. The maximum Gasteiger partial charge on any atom is 0.311 e. The van der Waals surface area contributed by atoms with Crippen LogP contribution < -0.4 is 4.90 Å². The molecule has 0 spiro atoms. The molecule has 0 bridgehead atoms. The minimum Gasteiger partial charge on any atom is -0.348 e. The molecule has 0 radical (unpaired) electrons. The number of aryl methyl sites for hydroxylation is 1. The molecule has 3 heterocycles. The zero-order valence-electron chi connectivity index (χ0n) is 15.7. The summed E-state index contributed by atoms with van der Waals surface area (Å²) in [5, 5.41) is 12.0. The zero-order valence-corrected chi connectivity index (χ0v) is 16.5. The van der Waals surface area contributed by atoms with Crippen LogP contribution in [0.1, 0.15) is 5.56 Å². The summed E-state index contributed by atoms with van der Waals surface area (Å²) in [6.45, 7) is 2.95. The Balaban J connectivity index is 1.60. The molecule has 150 valence electrons. The fraction of sp³-hybridized carbons (Fsp3) is 0.263. The lowest BCUT2D eigenvalue weighted by molar-refractivity contribution is -0.384. The van der Waals surface area contributed by atoms with Gasteiger partial charge in [-0.1, -0.05) is 12.1 Å². The molecule has 0 N–H and O–H groups in total. The minimum atomic E-state index is -3.74. The van der Waals surface area contributed by atoms with Crippen molar-refractivity contribution in [3.8, 4) is 0 Å². The first-order chi connectivity index (χ1) is 13.9. The normalized spacial score (nSPS) is 15.6. The van der Waals surface area contributed by atoms with Crippen molar-refractivity contribution in [1.82, 2.24) is 14.3 Å². The SMILES string of the molecule is Cc1cnc2c(S(=O)(=O)N3CCN(c4ncccc4[N+](=O)[O-])CC3)cccc2c1. The number of pyridine rings is 2. The van der Waals surface area contributed by atoms with E-state index in [-0.39, 0.29) is 29.5 Å². The summed E-state index contributed by atoms with van der Waals surface area (Å²) in [6, 6.07) is 9.93. The first kappa shape index (κ1) is 19.2. The summed E-state index contributed by atoms with van der Waals surface area (Å²) in [6.07, 6.45) is 3.15. The van der Waals surface area contributed by atoms with E-state index in [2.05, 4.69) is 9.97 Å². The molecular weight excluding hydrogens is 394 g/mol. The van der Waals surface area contributed by atoms with E-state index < -0.39 is 14.9 Å². The Labute approximate surface area is 167 Å². The Hall–Kier alpha value is -3.11. The van der Waals surface area contributed by atoms with E-state index >= 15 is 0 Å². The Morgan fingerprint density at radius 1 is 1.07 bits per heavy atom. The monoisotopic (exact) mass is 413 g/mol. The predicted octanol–water partition coefficient (Wildman–Crippen LogP) is 2.36. The maximum atomic E-state index is 13.2. The molecule has 4 rings (SSSR count). The molecular formula is C19H19N5O4S. The van der Waals surface area contributed by atoms with Crippen LogP contribution in [0.25, 0.3) is 10.9 Å². The van der Waals surface area contributed by atoms with Crippen molar-refractivity contribution in [3.05, 3.63) is 64.5 Å². The van der Waals surface area contributed by atoms with Gasteiger partial charge < -0.3 is 4.90 Å². The molecule has 3 aromatic rings. The van der Waals surface area contributed by atoms with Crippen LogP contribution in [-0.2, 0) is 10.0 Å². The number of piperazine rings is 1. The molecule has 10 heteroatoms. The number of sulfonamides is 1. The van der Waals surface area contributed by atoms with Crippen LogP contribution in [0.15, 0.2) is 53.7 Å². The van der Waals surface area contributed by atoms with Gasteiger partial charge in [0.25, 0.3) is 0 Å². The second-order valence-corrected chi connectivity index (χ2v) is 8.74. The fourth-order valence-corrected chi connectivity index (χ4v) is 5.09. The standard InChI is InChI=1S/C19H19N5O4S/c1-14-12-15-4-2-6-17(18(15)21-13-14)29(27,28)23-10-8-22(9-11-23)19-16(24(25)26)5-3-7-20-19/h2-7,12-13H,8-11H2,1H3. The van der Waals surface area contributed by atoms with Gasteiger partial charge in [0.05, 0.1) is 10.4 Å². The molecule has 0 aliphatic carbocycles. The highest BCUT2D eigenvalue weighted by Crippen LogP contribution is 2.29. The van der Waals surface area contributed by atoms with Gasteiger partial charge in [0.15, 0.2) is 0 Å². The van der Waals surface area contributed by atoms with Crippen LogP contribution in [0.3, 0.4) is 0 Å². The number of hydrogen-bond donors (Lipinski definition) is 0. The molecule has 1 aliphatic rings. The highest BCUT2D eigenvalue weighted by atomic mass is 32.2. The van der Waals surface area contributed by atoms with Gasteiger partial charge in [-0.25, -0.2) is 13.4 Å². The van der Waals surface area contributed by atoms with Gasteiger partial charge in [-0.05, 0) is 30.7 Å². The third-order valence-electron chi connectivity index (χ3n) is 4.93. The van der Waals surface area contributed by atoms with E-state index in [0.29, 0.717) is 18.6 Å². The van der Waals surface area contributed by atoms with Gasteiger partial charge in [0, 0.05) is 50.0 Å². The summed E-state index contributed by atoms with van der Waals surface area (Å²) in [5.74, 6) is 0.261. The molecule has 1 aromatic carbocycles. The van der Waals surface area contributed by atoms with E-state index in [0.717, 1.165) is 10.9 Å². The van der Waals surface area contributed by atoms with E-state index in [1.165, 1.54) is 22.6 Å². The van der Waals surface area contributed by atoms with Crippen LogP contribution in [-0.4, -0.2) is 53.8 Å². The van der Waals surface area contributed by atoms with Crippen molar-refractivity contribution >= 4 is 32.4 Å². The topological polar surface area (TPSA) is 110 Å². The average Bonchev–Trinajstić information content (AvgIpc) is 2.73. The van der Waals surface area contributed by atoms with Crippen LogP contribution in [0, 0.1) is 17.0 Å². The number of hydrogen-bond acceptors (Lipinski definition) is 7. The van der Waals surface area contributed by atoms with Gasteiger partial charge in [0.1, 0.15) is 4.90 Å². The molecule has 1 saturated heterocycles. The molecule has 0 atom stereocenters. The smallest absolute Gasteiger partial charge is 0.311 e. The summed E-state index contributed by atoms with van der Waals surface area (Å²) in [4.78, 5) is 21.1. The van der Waals surface area contributed by atoms with Crippen molar-refractivity contribution in [2.24, 2.45) is 0 Å². The minimum absolute atomic E-state index is 0.0857. The van der Waals surface area contributed by atoms with Crippen LogP contribution in [0.2, 0.25) is 0 Å². The maximum absolute atomic E-state index is 13.2. The summed E-state index contributed by atoms with van der Waals surface area (Å²) in [5.41, 5.74) is 1.32. The fourth-order valence-electron chi connectivity index (χ4n) is 3.50. The lowest BCUT2D eigenvalue weighted by Crippen LogP contribution is -2.49. The molecule has 9 nitrogen and oxygen atoms in total. The van der Waals surface area contributed by atoms with Gasteiger partial charge in [-0.3, -0.25) is 15.1 Å². The van der Waals surface area contributed by atoms with Gasteiger partial charge in [-0.2, -0.15) is 4.31 Å². The second kappa shape index (κ2) is 7.37. The molecule has 2 aromatic heterocycles. The van der Waals surface area contributed by atoms with Crippen molar-refractivity contribution in [2.75, 3.05) is 31.1 Å². The van der Waals surface area contributed by atoms with Gasteiger partial charge >= 0.3 is 5.69 Å². The Morgan fingerprint density at radius 2 is 1.83 bits per heavy atom. The molecule has 1 fully saturated rings. The highest BCUT2D eigenvalue weighted by molar-refractivity contribution is 7.89. The molecule has 0 saturated carbocycles. The van der Waals surface area contributed by atoms with Gasteiger partial charge in [-0.15, -0.1) is 0 Å². The number of rotatable bonds is 4. The number of nitro groups is 1. The van der Waals surface area contributed by atoms with E-state index in [1.54, 1.807) is 23.2 Å². The van der Waals surface area contributed by atoms with Crippen LogP contribution in [0.5, 0.6) is 0 Å².